The number of carbonyl (C=O) groups excluding carboxylic acids is 2. The van der Waals surface area contributed by atoms with E-state index in [-0.39, 0.29) is 18.0 Å². The second kappa shape index (κ2) is 8.41. The lowest BCUT2D eigenvalue weighted by Crippen LogP contribution is -2.42. The van der Waals surface area contributed by atoms with E-state index in [1.54, 1.807) is 41.1 Å². The Morgan fingerprint density at radius 1 is 1.11 bits per heavy atom. The molecule has 2 aromatic heterocycles. The summed E-state index contributed by atoms with van der Waals surface area (Å²) >= 11 is 12.2. The number of aromatic nitrogens is 3. The van der Waals surface area contributed by atoms with Crippen LogP contribution in [0.5, 0.6) is 0 Å². The fourth-order valence-electron chi connectivity index (χ4n) is 2.71. The van der Waals surface area contributed by atoms with Gasteiger partial charge in [-0.1, -0.05) is 29.3 Å². The van der Waals surface area contributed by atoms with E-state index < -0.39 is 5.91 Å². The Kier molecular flexibility index (Phi) is 5.96. The molecule has 0 saturated heterocycles. The molecular formula is C19H17Cl2N5O2. The number of benzene rings is 1. The van der Waals surface area contributed by atoms with Crippen molar-refractivity contribution in [2.45, 2.75) is 20.3 Å². The Morgan fingerprint density at radius 2 is 1.89 bits per heavy atom. The molecule has 0 aliphatic heterocycles. The Balaban J connectivity index is 1.71. The molecule has 0 radical (unpaired) electrons. The second-order valence-corrected chi connectivity index (χ2v) is 6.89. The van der Waals surface area contributed by atoms with Gasteiger partial charge >= 0.3 is 0 Å². The van der Waals surface area contributed by atoms with Gasteiger partial charge in [-0.2, -0.15) is 5.10 Å². The number of nitrogens with zero attached hydrogens (tertiary/aromatic N) is 3. The summed E-state index contributed by atoms with van der Waals surface area (Å²) in [5.74, 6) is -0.872. The third-order valence-electron chi connectivity index (χ3n) is 4.13. The maximum absolute atomic E-state index is 12.3. The number of hydrazine groups is 1. The summed E-state index contributed by atoms with van der Waals surface area (Å²) < 4.78 is 1.67. The van der Waals surface area contributed by atoms with E-state index in [2.05, 4.69) is 20.9 Å². The third-order valence-corrected chi connectivity index (χ3v) is 4.67. The van der Waals surface area contributed by atoms with Gasteiger partial charge in [-0.25, -0.2) is 4.68 Å². The fraction of sp³-hybridized carbons (Fsp3) is 0.158. The van der Waals surface area contributed by atoms with Crippen molar-refractivity contribution >= 4 is 35.0 Å². The van der Waals surface area contributed by atoms with Gasteiger partial charge in [-0.05, 0) is 44.2 Å². The van der Waals surface area contributed by atoms with E-state index in [9.17, 15) is 9.59 Å². The Labute approximate surface area is 171 Å². The maximum atomic E-state index is 12.3. The van der Waals surface area contributed by atoms with Gasteiger partial charge < -0.3 is 0 Å². The van der Waals surface area contributed by atoms with Gasteiger partial charge in [0, 0.05) is 22.5 Å². The van der Waals surface area contributed by atoms with E-state index >= 15 is 0 Å². The summed E-state index contributed by atoms with van der Waals surface area (Å²) in [5, 5.41) is 5.46. The summed E-state index contributed by atoms with van der Waals surface area (Å²) in [6.07, 6.45) is 1.55. The topological polar surface area (TPSA) is 88.9 Å². The van der Waals surface area contributed by atoms with Crippen molar-refractivity contribution in [3.63, 3.8) is 0 Å². The molecule has 0 fully saturated rings. The van der Waals surface area contributed by atoms with E-state index in [0.29, 0.717) is 21.4 Å². The fourth-order valence-corrected chi connectivity index (χ4v) is 3.20. The van der Waals surface area contributed by atoms with Crippen molar-refractivity contribution < 1.29 is 9.59 Å². The van der Waals surface area contributed by atoms with Crippen LogP contribution < -0.4 is 10.9 Å². The highest BCUT2D eigenvalue weighted by Crippen LogP contribution is 2.27. The molecule has 0 aliphatic carbocycles. The van der Waals surface area contributed by atoms with Gasteiger partial charge in [0.2, 0.25) is 5.91 Å². The molecule has 0 spiro atoms. The largest absolute Gasteiger partial charge is 0.288 e. The lowest BCUT2D eigenvalue weighted by molar-refractivity contribution is -0.121. The highest BCUT2D eigenvalue weighted by Gasteiger charge is 2.18. The van der Waals surface area contributed by atoms with Gasteiger partial charge in [0.15, 0.2) is 0 Å². The monoisotopic (exact) mass is 417 g/mol. The summed E-state index contributed by atoms with van der Waals surface area (Å²) in [5.41, 5.74) is 7.82. The van der Waals surface area contributed by atoms with Crippen LogP contribution in [0.3, 0.4) is 0 Å². The number of amides is 2. The zero-order valence-corrected chi connectivity index (χ0v) is 16.7. The molecule has 0 unspecified atom stereocenters. The zero-order valence-electron chi connectivity index (χ0n) is 15.2. The summed E-state index contributed by atoms with van der Waals surface area (Å²) in [6, 6.07) is 10.1. The van der Waals surface area contributed by atoms with Crippen molar-refractivity contribution in [2.75, 3.05) is 0 Å². The van der Waals surface area contributed by atoms with Crippen LogP contribution in [0.2, 0.25) is 10.0 Å². The zero-order chi connectivity index (χ0) is 20.3. The average Bonchev–Trinajstić information content (AvgIpc) is 2.95. The van der Waals surface area contributed by atoms with Gasteiger partial charge in [-0.15, -0.1) is 0 Å². The third kappa shape index (κ3) is 4.32. The minimum Gasteiger partial charge on any atom is -0.273 e. The van der Waals surface area contributed by atoms with Crippen molar-refractivity contribution in [3.8, 4) is 5.69 Å². The molecule has 2 N–H and O–H groups in total. The molecule has 2 amide bonds. The van der Waals surface area contributed by atoms with Crippen molar-refractivity contribution in [1.29, 1.82) is 0 Å². The van der Waals surface area contributed by atoms with E-state index in [1.165, 1.54) is 6.20 Å². The first-order chi connectivity index (χ1) is 13.4. The van der Waals surface area contributed by atoms with Gasteiger partial charge in [0.1, 0.15) is 5.69 Å². The van der Waals surface area contributed by atoms with Crippen LogP contribution in [0.1, 0.15) is 27.4 Å². The van der Waals surface area contributed by atoms with E-state index in [0.717, 1.165) is 11.3 Å². The quantitative estimate of drug-likeness (QED) is 0.637. The number of hydrogen-bond donors (Lipinski definition) is 2. The van der Waals surface area contributed by atoms with Gasteiger partial charge in [0.05, 0.1) is 22.8 Å². The maximum Gasteiger partial charge on any atom is 0.288 e. The molecule has 1 aromatic carbocycles. The highest BCUT2D eigenvalue weighted by molar-refractivity contribution is 6.35. The molecule has 28 heavy (non-hydrogen) atoms. The van der Waals surface area contributed by atoms with Crippen LogP contribution in [0.15, 0.2) is 42.6 Å². The Bertz CT molecular complexity index is 1030. The number of halogens is 2. The first kappa shape index (κ1) is 19.9. The number of pyridine rings is 1. The van der Waals surface area contributed by atoms with Crippen molar-refractivity contribution in [3.05, 3.63) is 75.3 Å². The Morgan fingerprint density at radius 3 is 2.57 bits per heavy atom. The molecule has 0 aliphatic rings. The van der Waals surface area contributed by atoms with Crippen LogP contribution in [0.4, 0.5) is 0 Å². The number of rotatable bonds is 4. The van der Waals surface area contributed by atoms with Crippen molar-refractivity contribution in [1.82, 2.24) is 25.6 Å². The summed E-state index contributed by atoms with van der Waals surface area (Å²) in [6.45, 7) is 3.66. The molecule has 3 rings (SSSR count). The number of hydrogen-bond acceptors (Lipinski definition) is 4. The summed E-state index contributed by atoms with van der Waals surface area (Å²) in [4.78, 5) is 28.2. The molecule has 0 atom stereocenters. The predicted octanol–water partition coefficient (Wildman–Crippen LogP) is 3.19. The molecular weight excluding hydrogens is 401 g/mol. The molecule has 3 aromatic rings. The average molecular weight is 418 g/mol. The number of carbonyl (C=O) groups is 2. The molecule has 2 heterocycles. The number of nitrogens with one attached hydrogen (secondary N) is 2. The van der Waals surface area contributed by atoms with E-state index in [1.807, 2.05) is 13.8 Å². The minimum absolute atomic E-state index is 0.0470. The predicted molar refractivity (Wildman–Crippen MR) is 107 cm³/mol. The van der Waals surface area contributed by atoms with Crippen molar-refractivity contribution in [2.24, 2.45) is 0 Å². The minimum atomic E-state index is -0.494. The standard InChI is InChI=1S/C19H17Cl2N5O2/c1-11-14(10-18(27)23-24-19(28)16-5-3-4-8-22-16)12(2)26(25-11)17-7-6-13(20)9-15(17)21/h3-9H,10H2,1-2H3,(H,23,27)(H,24,28). The summed E-state index contributed by atoms with van der Waals surface area (Å²) in [7, 11) is 0. The van der Waals surface area contributed by atoms with Crippen LogP contribution in [-0.4, -0.2) is 26.6 Å². The molecule has 7 nitrogen and oxygen atoms in total. The molecule has 144 valence electrons. The number of aryl methyl sites for hydroxylation is 1. The normalized spacial score (nSPS) is 10.6. The van der Waals surface area contributed by atoms with Crippen LogP contribution in [-0.2, 0) is 11.2 Å². The van der Waals surface area contributed by atoms with Crippen LogP contribution >= 0.6 is 23.2 Å². The van der Waals surface area contributed by atoms with Gasteiger partial charge in [-0.3, -0.25) is 25.4 Å². The SMILES string of the molecule is Cc1nn(-c2ccc(Cl)cc2Cl)c(C)c1CC(=O)NNC(=O)c1ccccn1. The molecule has 0 saturated carbocycles. The lowest BCUT2D eigenvalue weighted by atomic mass is 10.1. The van der Waals surface area contributed by atoms with Crippen LogP contribution in [0, 0.1) is 13.8 Å². The molecule has 9 heteroatoms. The first-order valence-corrected chi connectivity index (χ1v) is 9.13. The molecule has 0 bridgehead atoms. The lowest BCUT2D eigenvalue weighted by Gasteiger charge is -2.09. The smallest absolute Gasteiger partial charge is 0.273 e. The first-order valence-electron chi connectivity index (χ1n) is 8.37. The van der Waals surface area contributed by atoms with Crippen LogP contribution in [0.25, 0.3) is 5.69 Å². The van der Waals surface area contributed by atoms with E-state index in [4.69, 9.17) is 23.2 Å². The highest BCUT2D eigenvalue weighted by atomic mass is 35.5. The van der Waals surface area contributed by atoms with Gasteiger partial charge in [0.25, 0.3) is 5.91 Å². The Hall–Kier alpha value is -2.90. The second-order valence-electron chi connectivity index (χ2n) is 6.05.